The maximum atomic E-state index is 5.42. The van der Waals surface area contributed by atoms with Gasteiger partial charge in [0.2, 0.25) is 0 Å². The summed E-state index contributed by atoms with van der Waals surface area (Å²) in [4.78, 5) is 9.00. The smallest absolute Gasteiger partial charge is 0.158 e. The van der Waals surface area contributed by atoms with Crippen molar-refractivity contribution in [2.75, 3.05) is 24.3 Å². The quantitative estimate of drug-likeness (QED) is 0.842. The zero-order valence-corrected chi connectivity index (χ0v) is 13.6. The number of anilines is 2. The van der Waals surface area contributed by atoms with Crippen molar-refractivity contribution < 1.29 is 4.74 Å². The van der Waals surface area contributed by atoms with Crippen molar-refractivity contribution in [2.24, 2.45) is 11.8 Å². The molecule has 21 heavy (non-hydrogen) atoms. The van der Waals surface area contributed by atoms with Crippen LogP contribution >= 0.6 is 0 Å². The van der Waals surface area contributed by atoms with E-state index in [0.29, 0.717) is 19.3 Å². The lowest BCUT2D eigenvalue weighted by Gasteiger charge is -2.32. The van der Waals surface area contributed by atoms with Crippen LogP contribution in [0.2, 0.25) is 0 Å². The van der Waals surface area contributed by atoms with E-state index in [1.807, 2.05) is 20.0 Å². The summed E-state index contributed by atoms with van der Waals surface area (Å²) in [5, 5.41) is 6.68. The number of hydrogen-bond donors (Lipinski definition) is 2. The van der Waals surface area contributed by atoms with Crippen molar-refractivity contribution in [2.45, 2.75) is 52.7 Å². The molecule has 0 radical (unpaired) electrons. The second-order valence-electron chi connectivity index (χ2n) is 6.20. The maximum absolute atomic E-state index is 5.42. The van der Waals surface area contributed by atoms with E-state index in [0.717, 1.165) is 29.3 Å². The van der Waals surface area contributed by atoms with Crippen molar-refractivity contribution in [3.63, 3.8) is 0 Å². The Hall–Kier alpha value is -1.36. The summed E-state index contributed by atoms with van der Waals surface area (Å²) in [5.74, 6) is 4.01. The van der Waals surface area contributed by atoms with E-state index in [1.165, 1.54) is 19.3 Å². The first-order valence-corrected chi connectivity index (χ1v) is 8.00. The van der Waals surface area contributed by atoms with Gasteiger partial charge in [-0.3, -0.25) is 0 Å². The normalized spacial score (nSPS) is 25.6. The second kappa shape index (κ2) is 7.59. The molecule has 1 heterocycles. The average Bonchev–Trinajstić information content (AvgIpc) is 2.43. The highest BCUT2D eigenvalue weighted by Gasteiger charge is 2.24. The van der Waals surface area contributed by atoms with Gasteiger partial charge in [-0.15, -0.1) is 0 Å². The third-order valence-electron chi connectivity index (χ3n) is 3.99. The van der Waals surface area contributed by atoms with E-state index < -0.39 is 0 Å². The summed E-state index contributed by atoms with van der Waals surface area (Å²) in [5.41, 5.74) is 0. The Bertz CT molecular complexity index is 442. The molecule has 0 bridgehead atoms. The number of ether oxygens (including phenoxy) is 1. The molecule has 1 aliphatic rings. The monoisotopic (exact) mass is 292 g/mol. The molecule has 0 saturated heterocycles. The summed E-state index contributed by atoms with van der Waals surface area (Å²) in [7, 11) is 1.88. The van der Waals surface area contributed by atoms with E-state index in [1.54, 1.807) is 0 Å². The van der Waals surface area contributed by atoms with Crippen LogP contribution in [-0.4, -0.2) is 29.7 Å². The van der Waals surface area contributed by atoms with Gasteiger partial charge in [-0.2, -0.15) is 0 Å². The van der Waals surface area contributed by atoms with Crippen molar-refractivity contribution in [3.8, 4) is 0 Å². The molecule has 118 valence electrons. The molecule has 1 fully saturated rings. The molecule has 5 heteroatoms. The average molecular weight is 292 g/mol. The molecule has 1 aromatic rings. The molecule has 1 aliphatic carbocycles. The topological polar surface area (TPSA) is 59.1 Å². The highest BCUT2D eigenvalue weighted by atomic mass is 16.5. The molecule has 0 aromatic carbocycles. The van der Waals surface area contributed by atoms with Crippen molar-refractivity contribution >= 4 is 11.6 Å². The molecular formula is C16H28N4O. The fraction of sp³-hybridized carbons (Fsp3) is 0.750. The second-order valence-corrected chi connectivity index (χ2v) is 6.20. The number of aromatic nitrogens is 2. The predicted octanol–water partition coefficient (Wildman–Crippen LogP) is 3.29. The number of nitrogens with one attached hydrogen (secondary N) is 2. The highest BCUT2D eigenvalue weighted by Crippen LogP contribution is 2.30. The highest BCUT2D eigenvalue weighted by molar-refractivity contribution is 5.47. The first kappa shape index (κ1) is 16.0. The Labute approximate surface area is 127 Å². The van der Waals surface area contributed by atoms with Gasteiger partial charge < -0.3 is 15.4 Å². The van der Waals surface area contributed by atoms with Gasteiger partial charge in [0.25, 0.3) is 0 Å². The Kier molecular flexibility index (Phi) is 5.79. The molecule has 2 unspecified atom stereocenters. The minimum absolute atomic E-state index is 0.457. The van der Waals surface area contributed by atoms with Gasteiger partial charge in [0.05, 0.1) is 0 Å². The molecular weight excluding hydrogens is 264 g/mol. The Morgan fingerprint density at radius 1 is 1.14 bits per heavy atom. The van der Waals surface area contributed by atoms with Crippen LogP contribution in [0.15, 0.2) is 6.07 Å². The molecule has 1 aromatic heterocycles. The van der Waals surface area contributed by atoms with Crippen LogP contribution in [0.4, 0.5) is 11.6 Å². The Morgan fingerprint density at radius 3 is 2.43 bits per heavy atom. The molecule has 5 nitrogen and oxygen atoms in total. The van der Waals surface area contributed by atoms with Crippen LogP contribution in [0.3, 0.4) is 0 Å². The van der Waals surface area contributed by atoms with Crippen molar-refractivity contribution in [1.82, 2.24) is 9.97 Å². The lowest BCUT2D eigenvalue weighted by Crippen LogP contribution is -2.30. The fourth-order valence-electron chi connectivity index (χ4n) is 3.23. The van der Waals surface area contributed by atoms with Gasteiger partial charge in [-0.25, -0.2) is 9.97 Å². The van der Waals surface area contributed by atoms with E-state index in [9.17, 15) is 0 Å². The van der Waals surface area contributed by atoms with Crippen LogP contribution < -0.4 is 10.6 Å². The van der Waals surface area contributed by atoms with Gasteiger partial charge in [0.15, 0.2) is 5.82 Å². The molecule has 2 rings (SSSR count). The first-order valence-electron chi connectivity index (χ1n) is 8.00. The summed E-state index contributed by atoms with van der Waals surface area (Å²) in [6.07, 6.45) is 3.76. The fourth-order valence-corrected chi connectivity index (χ4v) is 3.23. The van der Waals surface area contributed by atoms with Crippen LogP contribution in [0, 0.1) is 11.8 Å². The predicted molar refractivity (Wildman–Crippen MR) is 86.5 cm³/mol. The summed E-state index contributed by atoms with van der Waals surface area (Å²) in [6.45, 7) is 7.78. The third kappa shape index (κ3) is 4.84. The molecule has 1 saturated carbocycles. The van der Waals surface area contributed by atoms with Crippen LogP contribution in [0.1, 0.15) is 45.9 Å². The van der Waals surface area contributed by atoms with Gasteiger partial charge in [-0.1, -0.05) is 13.8 Å². The Balaban J connectivity index is 2.07. The lowest BCUT2D eigenvalue weighted by atomic mass is 9.80. The lowest BCUT2D eigenvalue weighted by molar-refractivity contribution is 0.128. The van der Waals surface area contributed by atoms with Crippen LogP contribution in [-0.2, 0) is 11.3 Å². The van der Waals surface area contributed by atoms with Gasteiger partial charge in [-0.05, 0) is 38.0 Å². The summed E-state index contributed by atoms with van der Waals surface area (Å²) in [6, 6.07) is 2.47. The number of hydrogen-bond acceptors (Lipinski definition) is 5. The molecule has 0 spiro atoms. The molecule has 2 atom stereocenters. The standard InChI is InChI=1S/C16H28N4O/c1-5-21-10-16-19-14(17-4)9-15(20-16)18-13-7-11(2)6-12(3)8-13/h9,11-13H,5-8,10H2,1-4H3,(H2,17,18,19,20). The SMILES string of the molecule is CCOCc1nc(NC)cc(NC2CC(C)CC(C)C2)n1. The van der Waals surface area contributed by atoms with E-state index in [-0.39, 0.29) is 0 Å². The zero-order chi connectivity index (χ0) is 15.2. The van der Waals surface area contributed by atoms with Crippen LogP contribution in [0.25, 0.3) is 0 Å². The number of nitrogens with zero attached hydrogens (tertiary/aromatic N) is 2. The summed E-state index contributed by atoms with van der Waals surface area (Å²) >= 11 is 0. The van der Waals surface area contributed by atoms with Gasteiger partial charge >= 0.3 is 0 Å². The minimum atomic E-state index is 0.457. The van der Waals surface area contributed by atoms with Crippen LogP contribution in [0.5, 0.6) is 0 Å². The Morgan fingerprint density at radius 2 is 1.81 bits per heavy atom. The van der Waals surface area contributed by atoms with Crippen molar-refractivity contribution in [1.29, 1.82) is 0 Å². The molecule has 0 aliphatic heterocycles. The first-order chi connectivity index (χ1) is 10.1. The summed E-state index contributed by atoms with van der Waals surface area (Å²) < 4.78 is 5.42. The largest absolute Gasteiger partial charge is 0.374 e. The van der Waals surface area contributed by atoms with E-state index in [4.69, 9.17) is 4.74 Å². The van der Waals surface area contributed by atoms with E-state index in [2.05, 4.69) is 34.4 Å². The third-order valence-corrected chi connectivity index (χ3v) is 3.99. The minimum Gasteiger partial charge on any atom is -0.374 e. The van der Waals surface area contributed by atoms with Crippen molar-refractivity contribution in [3.05, 3.63) is 11.9 Å². The van der Waals surface area contributed by atoms with Gasteiger partial charge in [0, 0.05) is 25.8 Å². The maximum Gasteiger partial charge on any atom is 0.158 e. The molecule has 2 N–H and O–H groups in total. The zero-order valence-electron chi connectivity index (χ0n) is 13.6. The number of rotatable bonds is 6. The van der Waals surface area contributed by atoms with E-state index >= 15 is 0 Å². The van der Waals surface area contributed by atoms with Gasteiger partial charge in [0.1, 0.15) is 18.2 Å². The molecule has 0 amide bonds.